The van der Waals surface area contributed by atoms with E-state index in [9.17, 15) is 18.0 Å². The Kier molecular flexibility index (Phi) is 9.77. The number of ether oxygens (including phenoxy) is 1. The number of sulfonamides is 1. The van der Waals surface area contributed by atoms with E-state index in [4.69, 9.17) is 27.9 Å². The van der Waals surface area contributed by atoms with Crippen LogP contribution in [0.5, 0.6) is 0 Å². The zero-order valence-electron chi connectivity index (χ0n) is 17.7. The maximum Gasteiger partial charge on any atom is 0.323 e. The second kappa shape index (κ2) is 12.1. The van der Waals surface area contributed by atoms with Crippen molar-refractivity contribution in [3.05, 3.63) is 58.1 Å². The highest BCUT2D eigenvalue weighted by Gasteiger charge is 2.26. The Bertz CT molecular complexity index is 1030. The summed E-state index contributed by atoms with van der Waals surface area (Å²) in [6.07, 6.45) is 1.17. The number of esters is 1. The molecule has 0 aliphatic heterocycles. The summed E-state index contributed by atoms with van der Waals surface area (Å²) in [6.45, 7) is 2.14. The first-order valence-corrected chi connectivity index (χ1v) is 12.0. The fourth-order valence-corrected chi connectivity index (χ4v) is 4.50. The minimum absolute atomic E-state index is 0.0635. The molecule has 2 rings (SSSR count). The van der Waals surface area contributed by atoms with Crippen LogP contribution in [0, 0.1) is 6.92 Å². The highest BCUT2D eigenvalue weighted by Crippen LogP contribution is 2.29. The molecular weight excluding hydrogens is 477 g/mol. The van der Waals surface area contributed by atoms with Crippen molar-refractivity contribution in [2.45, 2.75) is 37.1 Å². The summed E-state index contributed by atoms with van der Waals surface area (Å²) in [5.74, 6) is -0.681. The number of hydrogen-bond donors (Lipinski definition) is 3. The molecule has 3 N–H and O–H groups in total. The van der Waals surface area contributed by atoms with Gasteiger partial charge in [-0.25, -0.2) is 13.2 Å². The molecule has 0 spiro atoms. The van der Waals surface area contributed by atoms with Crippen molar-refractivity contribution in [2.24, 2.45) is 0 Å². The molecule has 0 aliphatic carbocycles. The number of nitrogens with one attached hydrogen (secondary N) is 3. The smallest absolute Gasteiger partial charge is 0.323 e. The lowest BCUT2D eigenvalue weighted by Crippen LogP contribution is -2.41. The number of para-hydroxylation sites is 1. The molecule has 2 aromatic carbocycles. The van der Waals surface area contributed by atoms with Gasteiger partial charge in [-0.3, -0.25) is 4.79 Å². The zero-order valence-corrected chi connectivity index (χ0v) is 20.0. The van der Waals surface area contributed by atoms with Crippen molar-refractivity contribution in [3.63, 3.8) is 0 Å². The van der Waals surface area contributed by atoms with Gasteiger partial charge in [0.1, 0.15) is 6.04 Å². The molecule has 0 saturated heterocycles. The molecule has 1 unspecified atom stereocenters. The number of anilines is 1. The monoisotopic (exact) mass is 501 g/mol. The van der Waals surface area contributed by atoms with Crippen LogP contribution in [0.3, 0.4) is 0 Å². The summed E-state index contributed by atoms with van der Waals surface area (Å²) in [5.41, 5.74) is 1.23. The number of urea groups is 1. The average molecular weight is 502 g/mol. The summed E-state index contributed by atoms with van der Waals surface area (Å²) in [4.78, 5) is 24.2. The molecular formula is C21H25Cl2N3O5S. The molecule has 32 heavy (non-hydrogen) atoms. The Morgan fingerprint density at radius 2 is 1.66 bits per heavy atom. The first-order valence-electron chi connectivity index (χ1n) is 9.79. The summed E-state index contributed by atoms with van der Waals surface area (Å²) in [7, 11) is -2.69. The van der Waals surface area contributed by atoms with Crippen LogP contribution in [0.25, 0.3) is 0 Å². The van der Waals surface area contributed by atoms with Crippen LogP contribution in [0.1, 0.15) is 24.8 Å². The van der Waals surface area contributed by atoms with Crippen LogP contribution >= 0.6 is 23.2 Å². The van der Waals surface area contributed by atoms with Gasteiger partial charge < -0.3 is 15.4 Å². The van der Waals surface area contributed by atoms with Gasteiger partial charge in [0.05, 0.1) is 27.7 Å². The molecule has 2 aromatic rings. The second-order valence-corrected chi connectivity index (χ2v) is 9.51. The van der Waals surface area contributed by atoms with E-state index in [2.05, 4.69) is 15.4 Å². The quantitative estimate of drug-likeness (QED) is 0.334. The summed E-state index contributed by atoms with van der Waals surface area (Å²) >= 11 is 12.0. The van der Waals surface area contributed by atoms with Crippen molar-refractivity contribution in [1.29, 1.82) is 0 Å². The van der Waals surface area contributed by atoms with Crippen LogP contribution < -0.4 is 15.4 Å². The third-order valence-corrected chi connectivity index (χ3v) is 6.64. The number of amides is 2. The highest BCUT2D eigenvalue weighted by atomic mass is 35.5. The van der Waals surface area contributed by atoms with E-state index in [-0.39, 0.29) is 11.3 Å². The zero-order chi connectivity index (χ0) is 23.7. The SMILES string of the molecule is COC(=O)C(CCCCNC(=O)Nc1c(Cl)cccc1Cl)NS(=O)(=O)c1ccc(C)cc1. The number of aryl methyl sites for hydroxylation is 1. The van der Waals surface area contributed by atoms with Crippen LogP contribution in [0.15, 0.2) is 47.4 Å². The van der Waals surface area contributed by atoms with Gasteiger partial charge in [-0.05, 0) is 50.5 Å². The van der Waals surface area contributed by atoms with Gasteiger partial charge in [-0.15, -0.1) is 0 Å². The highest BCUT2D eigenvalue weighted by molar-refractivity contribution is 7.89. The minimum Gasteiger partial charge on any atom is -0.468 e. The fraction of sp³-hybridized carbons (Fsp3) is 0.333. The van der Waals surface area contributed by atoms with Crippen molar-refractivity contribution >= 4 is 50.9 Å². The summed E-state index contributed by atoms with van der Waals surface area (Å²) < 4.78 is 32.3. The fourth-order valence-electron chi connectivity index (χ4n) is 2.79. The lowest BCUT2D eigenvalue weighted by Gasteiger charge is -2.17. The number of unbranched alkanes of at least 4 members (excludes halogenated alkanes) is 1. The van der Waals surface area contributed by atoms with E-state index in [1.807, 2.05) is 6.92 Å². The number of hydrogen-bond acceptors (Lipinski definition) is 5. The van der Waals surface area contributed by atoms with E-state index in [1.54, 1.807) is 30.3 Å². The Morgan fingerprint density at radius 1 is 1.03 bits per heavy atom. The van der Waals surface area contributed by atoms with E-state index < -0.39 is 28.1 Å². The van der Waals surface area contributed by atoms with E-state index in [0.29, 0.717) is 35.1 Å². The predicted octanol–water partition coefficient (Wildman–Crippen LogP) is 4.11. The van der Waals surface area contributed by atoms with Crippen LogP contribution in [-0.4, -0.2) is 40.1 Å². The topological polar surface area (TPSA) is 114 Å². The Labute approximate surface area is 197 Å². The standard InChI is InChI=1S/C21H25Cl2N3O5S/c1-14-9-11-15(12-10-14)32(29,30)26-18(20(27)31-2)8-3-4-13-24-21(28)25-19-16(22)6-5-7-17(19)23/h5-7,9-12,18,26H,3-4,8,13H2,1-2H3,(H2,24,25,28). The number of benzene rings is 2. The molecule has 0 fully saturated rings. The molecule has 0 aromatic heterocycles. The normalized spacial score (nSPS) is 12.1. The Hall–Kier alpha value is -2.33. The van der Waals surface area contributed by atoms with Gasteiger partial charge in [-0.2, -0.15) is 4.72 Å². The molecule has 0 bridgehead atoms. The number of halogens is 2. The first kappa shape index (κ1) is 25.9. The van der Waals surface area contributed by atoms with Gasteiger partial charge in [-0.1, -0.05) is 47.0 Å². The van der Waals surface area contributed by atoms with Crippen molar-refractivity contribution < 1.29 is 22.7 Å². The van der Waals surface area contributed by atoms with Gasteiger partial charge in [0.25, 0.3) is 0 Å². The number of carbonyl (C=O) groups is 2. The second-order valence-electron chi connectivity index (χ2n) is 6.98. The lowest BCUT2D eigenvalue weighted by atomic mass is 10.1. The molecule has 8 nitrogen and oxygen atoms in total. The van der Waals surface area contributed by atoms with Gasteiger partial charge >= 0.3 is 12.0 Å². The van der Waals surface area contributed by atoms with Gasteiger partial charge in [0.2, 0.25) is 10.0 Å². The largest absolute Gasteiger partial charge is 0.468 e. The number of carbonyl (C=O) groups excluding carboxylic acids is 2. The van der Waals surface area contributed by atoms with Crippen LogP contribution in [0.2, 0.25) is 10.0 Å². The maximum absolute atomic E-state index is 12.6. The van der Waals surface area contributed by atoms with Crippen LogP contribution in [-0.2, 0) is 19.6 Å². The van der Waals surface area contributed by atoms with Crippen molar-refractivity contribution in [3.8, 4) is 0 Å². The molecule has 0 heterocycles. The van der Waals surface area contributed by atoms with Crippen LogP contribution in [0.4, 0.5) is 10.5 Å². The van der Waals surface area contributed by atoms with E-state index in [0.717, 1.165) is 5.56 Å². The molecule has 174 valence electrons. The van der Waals surface area contributed by atoms with Crippen molar-refractivity contribution in [1.82, 2.24) is 10.0 Å². The maximum atomic E-state index is 12.6. The van der Waals surface area contributed by atoms with Gasteiger partial charge in [0, 0.05) is 6.54 Å². The predicted molar refractivity (Wildman–Crippen MR) is 125 cm³/mol. The van der Waals surface area contributed by atoms with Crippen molar-refractivity contribution in [2.75, 3.05) is 19.0 Å². The summed E-state index contributed by atoms with van der Waals surface area (Å²) in [5, 5.41) is 5.87. The molecule has 0 saturated carbocycles. The molecule has 0 radical (unpaired) electrons. The number of methoxy groups -OCH3 is 1. The molecule has 2 amide bonds. The number of rotatable bonds is 10. The Morgan fingerprint density at radius 3 is 2.25 bits per heavy atom. The first-order chi connectivity index (χ1) is 15.1. The Balaban J connectivity index is 1.84. The van der Waals surface area contributed by atoms with Gasteiger partial charge in [0.15, 0.2) is 0 Å². The molecule has 0 aliphatic rings. The molecule has 11 heteroatoms. The van der Waals surface area contributed by atoms with E-state index in [1.165, 1.54) is 19.2 Å². The minimum atomic E-state index is -3.89. The molecule has 1 atom stereocenters. The average Bonchev–Trinajstić information content (AvgIpc) is 2.75. The van der Waals surface area contributed by atoms with E-state index >= 15 is 0 Å². The third-order valence-electron chi connectivity index (χ3n) is 4.52. The lowest BCUT2D eigenvalue weighted by molar-refractivity contribution is -0.142. The summed E-state index contributed by atoms with van der Waals surface area (Å²) in [6, 6.07) is 9.65. The third kappa shape index (κ3) is 7.67.